The van der Waals surface area contributed by atoms with Gasteiger partial charge in [0, 0.05) is 16.7 Å². The van der Waals surface area contributed by atoms with E-state index in [-0.39, 0.29) is 0 Å². The van der Waals surface area contributed by atoms with Crippen molar-refractivity contribution in [1.82, 2.24) is 9.97 Å². The van der Waals surface area contributed by atoms with Crippen LogP contribution in [0.5, 0.6) is 0 Å². The fourth-order valence-electron chi connectivity index (χ4n) is 8.67. The van der Waals surface area contributed by atoms with Crippen molar-refractivity contribution < 1.29 is 0 Å². The van der Waals surface area contributed by atoms with Crippen LogP contribution in [-0.2, 0) is 0 Å². The number of hydrogen-bond donors (Lipinski definition) is 0. The minimum atomic E-state index is 0.706. The molecule has 0 N–H and O–H groups in total. The smallest absolute Gasteiger partial charge is 0.160 e. The van der Waals surface area contributed by atoms with Crippen LogP contribution >= 0.6 is 0 Å². The monoisotopic (exact) mass is 762 g/mol. The Labute approximate surface area is 349 Å². The second kappa shape index (κ2) is 15.1. The van der Waals surface area contributed by atoms with E-state index < -0.39 is 0 Å². The Morgan fingerprint density at radius 3 is 1.37 bits per heavy atom. The Hall–Kier alpha value is -7.94. The predicted octanol–water partition coefficient (Wildman–Crippen LogP) is 15.6. The van der Waals surface area contributed by atoms with Crippen LogP contribution in [0.25, 0.3) is 111 Å². The normalized spacial score (nSPS) is 11.3. The highest BCUT2D eigenvalue weighted by Crippen LogP contribution is 2.40. The van der Waals surface area contributed by atoms with Gasteiger partial charge in [-0.25, -0.2) is 9.97 Å². The van der Waals surface area contributed by atoms with Crippen LogP contribution in [0.15, 0.2) is 231 Å². The van der Waals surface area contributed by atoms with E-state index in [2.05, 4.69) is 212 Å². The second-order valence-electron chi connectivity index (χ2n) is 15.3. The first-order valence-electron chi connectivity index (χ1n) is 20.5. The molecular weight excluding hydrogens is 725 g/mol. The van der Waals surface area contributed by atoms with Crippen molar-refractivity contribution in [3.63, 3.8) is 0 Å². The Balaban J connectivity index is 0.898. The molecule has 280 valence electrons. The molecule has 0 bridgehead atoms. The molecule has 0 saturated heterocycles. The molecule has 60 heavy (non-hydrogen) atoms. The number of hydrogen-bond acceptors (Lipinski definition) is 2. The van der Waals surface area contributed by atoms with Crippen LogP contribution in [-0.4, -0.2) is 9.97 Å². The van der Waals surface area contributed by atoms with Crippen LogP contribution in [0, 0.1) is 0 Å². The average molecular weight is 763 g/mol. The molecule has 0 amide bonds. The summed E-state index contributed by atoms with van der Waals surface area (Å²) in [5.41, 5.74) is 14.4. The Bertz CT molecular complexity index is 3320. The molecule has 0 atom stereocenters. The topological polar surface area (TPSA) is 25.8 Å². The van der Waals surface area contributed by atoms with Gasteiger partial charge in [0.1, 0.15) is 0 Å². The summed E-state index contributed by atoms with van der Waals surface area (Å²) in [5.74, 6) is 0.706. The first kappa shape index (κ1) is 35.2. The van der Waals surface area contributed by atoms with Crippen LogP contribution in [0.3, 0.4) is 0 Å². The van der Waals surface area contributed by atoms with Crippen molar-refractivity contribution in [3.05, 3.63) is 231 Å². The third kappa shape index (κ3) is 6.51. The Morgan fingerprint density at radius 1 is 0.233 bits per heavy atom. The molecular formula is C58H38N2. The van der Waals surface area contributed by atoms with Crippen molar-refractivity contribution in [2.24, 2.45) is 0 Å². The lowest BCUT2D eigenvalue weighted by molar-refractivity contribution is 1.18. The molecule has 2 nitrogen and oxygen atoms in total. The van der Waals surface area contributed by atoms with E-state index in [9.17, 15) is 0 Å². The number of nitrogens with zero attached hydrogens (tertiary/aromatic N) is 2. The van der Waals surface area contributed by atoms with Gasteiger partial charge in [-0.05, 0) is 89.0 Å². The van der Waals surface area contributed by atoms with Crippen molar-refractivity contribution in [1.29, 1.82) is 0 Å². The van der Waals surface area contributed by atoms with Crippen molar-refractivity contribution in [2.45, 2.75) is 0 Å². The minimum Gasteiger partial charge on any atom is -0.228 e. The summed E-state index contributed by atoms with van der Waals surface area (Å²) < 4.78 is 0. The number of rotatable bonds is 7. The molecule has 1 heterocycles. The largest absolute Gasteiger partial charge is 0.228 e. The summed E-state index contributed by atoms with van der Waals surface area (Å²) in [6, 6.07) is 82.4. The highest BCUT2D eigenvalue weighted by Gasteiger charge is 2.15. The second-order valence-corrected chi connectivity index (χ2v) is 15.3. The van der Waals surface area contributed by atoms with Gasteiger partial charge in [-0.3, -0.25) is 0 Å². The van der Waals surface area contributed by atoms with E-state index in [1.54, 1.807) is 0 Å². The van der Waals surface area contributed by atoms with Gasteiger partial charge >= 0.3 is 0 Å². The lowest BCUT2D eigenvalue weighted by atomic mass is 9.89. The van der Waals surface area contributed by atoms with Gasteiger partial charge in [0.25, 0.3) is 0 Å². The van der Waals surface area contributed by atoms with Gasteiger partial charge < -0.3 is 0 Å². The lowest BCUT2D eigenvalue weighted by Crippen LogP contribution is -1.97. The zero-order chi connectivity index (χ0) is 39.8. The molecule has 0 aliphatic carbocycles. The molecule has 10 aromatic carbocycles. The van der Waals surface area contributed by atoms with Crippen LogP contribution in [0.1, 0.15) is 0 Å². The quantitative estimate of drug-likeness (QED) is 0.119. The van der Waals surface area contributed by atoms with E-state index in [0.29, 0.717) is 5.82 Å². The highest BCUT2D eigenvalue weighted by atomic mass is 14.9. The number of aromatic nitrogens is 2. The SMILES string of the molecule is c1ccc(-c2nc(-c3ccc(-c4ccc(-c5ccc(-c6c7ccccc7cc7c6ccc6ccccc67)cc5)cc4)cc3)cc(-c3ccccc3-c3ccccc3)n2)cc1. The minimum absolute atomic E-state index is 0.706. The molecule has 11 aromatic rings. The zero-order valence-electron chi connectivity index (χ0n) is 32.8. The lowest BCUT2D eigenvalue weighted by Gasteiger charge is -2.14. The van der Waals surface area contributed by atoms with Crippen LogP contribution < -0.4 is 0 Å². The standard InChI is InChI=1S/C58H38N2/c1-3-13-43(14-4-1)49-19-11-12-22-52(49)56-38-55(59-58(60-56)47-16-5-2-6-17-47)45-31-27-41(28-32-45)39-23-25-40(26-24-39)42-29-33-46(34-30-42)57-51-21-10-8-18-48(51)37-54-50-20-9-7-15-44(50)35-36-53(54)57/h1-38H. The highest BCUT2D eigenvalue weighted by molar-refractivity contribution is 6.20. The number of fused-ring (bicyclic) bond motifs is 4. The molecule has 0 fully saturated rings. The molecule has 2 heteroatoms. The maximum Gasteiger partial charge on any atom is 0.160 e. The summed E-state index contributed by atoms with van der Waals surface area (Å²) in [7, 11) is 0. The van der Waals surface area contributed by atoms with Crippen molar-refractivity contribution >= 4 is 32.3 Å². The summed E-state index contributed by atoms with van der Waals surface area (Å²) in [6.07, 6.45) is 0. The maximum absolute atomic E-state index is 5.13. The summed E-state index contributed by atoms with van der Waals surface area (Å²) in [4.78, 5) is 10.2. The van der Waals surface area contributed by atoms with Crippen molar-refractivity contribution in [3.8, 4) is 78.4 Å². The molecule has 0 saturated carbocycles. The van der Waals surface area contributed by atoms with Gasteiger partial charge in [-0.1, -0.05) is 218 Å². The fraction of sp³-hybridized carbons (Fsp3) is 0. The third-order valence-electron chi connectivity index (χ3n) is 11.7. The summed E-state index contributed by atoms with van der Waals surface area (Å²) in [5, 5.41) is 7.65. The Morgan fingerprint density at radius 2 is 0.717 bits per heavy atom. The van der Waals surface area contributed by atoms with E-state index >= 15 is 0 Å². The third-order valence-corrected chi connectivity index (χ3v) is 11.7. The molecule has 0 aliphatic heterocycles. The summed E-state index contributed by atoms with van der Waals surface area (Å²) >= 11 is 0. The first-order valence-corrected chi connectivity index (χ1v) is 20.5. The first-order chi connectivity index (χ1) is 29.7. The van der Waals surface area contributed by atoms with Gasteiger partial charge in [-0.15, -0.1) is 0 Å². The molecule has 1 aromatic heterocycles. The van der Waals surface area contributed by atoms with Gasteiger partial charge in [0.15, 0.2) is 5.82 Å². The van der Waals surface area contributed by atoms with E-state index in [0.717, 1.165) is 44.8 Å². The van der Waals surface area contributed by atoms with Crippen molar-refractivity contribution in [2.75, 3.05) is 0 Å². The van der Waals surface area contributed by atoms with E-state index in [4.69, 9.17) is 9.97 Å². The van der Waals surface area contributed by atoms with Gasteiger partial charge in [-0.2, -0.15) is 0 Å². The fourth-order valence-corrected chi connectivity index (χ4v) is 8.67. The zero-order valence-corrected chi connectivity index (χ0v) is 32.8. The Kier molecular flexibility index (Phi) is 8.87. The molecule has 0 unspecified atom stereocenters. The molecule has 11 rings (SSSR count). The predicted molar refractivity (Wildman–Crippen MR) is 253 cm³/mol. The van der Waals surface area contributed by atoms with E-state index in [1.807, 2.05) is 18.2 Å². The molecule has 0 aliphatic rings. The molecule has 0 radical (unpaired) electrons. The van der Waals surface area contributed by atoms with Gasteiger partial charge in [0.05, 0.1) is 11.4 Å². The van der Waals surface area contributed by atoms with Crippen LogP contribution in [0.4, 0.5) is 0 Å². The average Bonchev–Trinajstić information content (AvgIpc) is 3.34. The van der Waals surface area contributed by atoms with Gasteiger partial charge in [0.2, 0.25) is 0 Å². The summed E-state index contributed by atoms with van der Waals surface area (Å²) in [6.45, 7) is 0. The van der Waals surface area contributed by atoms with E-state index in [1.165, 1.54) is 60.1 Å². The molecule has 0 spiro atoms. The number of benzene rings is 10. The van der Waals surface area contributed by atoms with Crippen LogP contribution in [0.2, 0.25) is 0 Å². The maximum atomic E-state index is 5.13.